The summed E-state index contributed by atoms with van der Waals surface area (Å²) in [6.45, 7) is 1.99. The minimum atomic E-state index is -4.50. The van der Waals surface area contributed by atoms with E-state index in [4.69, 9.17) is 0 Å². The monoisotopic (exact) mass is 461 g/mol. The molecule has 3 aromatic heterocycles. The number of fused-ring (bicyclic) bond motifs is 2. The molecule has 0 spiro atoms. The normalized spacial score (nSPS) is 11.8. The number of imidazole rings is 1. The first-order valence-electron chi connectivity index (χ1n) is 9.53. The molecule has 0 fully saturated rings. The molecule has 0 aliphatic rings. The van der Waals surface area contributed by atoms with Gasteiger partial charge in [0, 0.05) is 35.4 Å². The molecule has 0 saturated carbocycles. The maximum absolute atomic E-state index is 13.1. The van der Waals surface area contributed by atoms with E-state index in [0.717, 1.165) is 33.7 Å². The first kappa shape index (κ1) is 21.9. The summed E-state index contributed by atoms with van der Waals surface area (Å²) in [5.74, 6) is 1.16. The fraction of sp³-hybridized carbons (Fsp3) is 0.238. The third-order valence-corrected chi connectivity index (χ3v) is 5.80. The van der Waals surface area contributed by atoms with Crippen LogP contribution in [0.25, 0.3) is 33.5 Å². The van der Waals surface area contributed by atoms with Crippen molar-refractivity contribution in [2.45, 2.75) is 18.0 Å². The van der Waals surface area contributed by atoms with Crippen LogP contribution in [-0.2, 0) is 18.0 Å². The molecule has 0 saturated heterocycles. The number of methoxy groups -OCH3 is 1. The minimum Gasteiger partial charge on any atom is -0.453 e. The van der Waals surface area contributed by atoms with Crippen LogP contribution in [0.3, 0.4) is 0 Å². The molecule has 0 aliphatic heterocycles. The van der Waals surface area contributed by atoms with E-state index in [1.807, 2.05) is 13.0 Å². The van der Waals surface area contributed by atoms with Gasteiger partial charge in [0.15, 0.2) is 11.5 Å². The van der Waals surface area contributed by atoms with E-state index >= 15 is 0 Å². The predicted octanol–water partition coefficient (Wildman–Crippen LogP) is 5.49. The Kier molecular flexibility index (Phi) is 5.68. The lowest BCUT2D eigenvalue weighted by atomic mass is 10.1. The van der Waals surface area contributed by atoms with Crippen molar-refractivity contribution in [1.29, 1.82) is 0 Å². The first-order chi connectivity index (χ1) is 15.2. The molecular weight excluding hydrogens is 443 g/mol. The number of benzene rings is 1. The number of thioether (sulfide) groups is 1. The molecule has 4 aromatic rings. The summed E-state index contributed by atoms with van der Waals surface area (Å²) in [6.07, 6.45) is -2.64. The smallest absolute Gasteiger partial charge is 0.417 e. The van der Waals surface area contributed by atoms with Gasteiger partial charge in [0.2, 0.25) is 0 Å². The second-order valence-electron chi connectivity index (χ2n) is 6.85. The van der Waals surface area contributed by atoms with Gasteiger partial charge < -0.3 is 9.30 Å². The Balaban J connectivity index is 1.87. The second-order valence-corrected chi connectivity index (χ2v) is 8.12. The molecule has 0 aliphatic carbocycles. The van der Waals surface area contributed by atoms with E-state index in [1.165, 1.54) is 7.11 Å². The van der Waals surface area contributed by atoms with E-state index in [0.29, 0.717) is 22.9 Å². The van der Waals surface area contributed by atoms with Gasteiger partial charge in [0.05, 0.1) is 12.7 Å². The number of carbonyl (C=O) groups is 1. The van der Waals surface area contributed by atoms with Crippen LogP contribution in [0.2, 0.25) is 0 Å². The van der Waals surface area contributed by atoms with Crippen molar-refractivity contribution in [1.82, 2.24) is 19.5 Å². The van der Waals surface area contributed by atoms with Crippen molar-refractivity contribution in [3.63, 3.8) is 0 Å². The molecule has 1 amide bonds. The average molecular weight is 461 g/mol. The highest BCUT2D eigenvalue weighted by atomic mass is 32.2. The standard InChI is InChI=1S/C21H18F3N5O2S/c1-4-32-17-14-6-5-13(27-20(30)31-3)7-11(14)9-25-16(17)19-28-15-8-12(21(22,23)24)10-26-18(15)29(19)2/h5-10H,4H2,1-3H3,(H,27,30). The molecule has 3 heterocycles. The molecule has 4 rings (SSSR count). The lowest BCUT2D eigenvalue weighted by Crippen LogP contribution is -2.10. The number of aromatic nitrogens is 4. The van der Waals surface area contributed by atoms with Crippen LogP contribution in [0.4, 0.5) is 23.7 Å². The first-order valence-corrected chi connectivity index (χ1v) is 10.5. The maximum atomic E-state index is 13.1. The number of nitrogens with one attached hydrogen (secondary N) is 1. The Morgan fingerprint density at radius 2 is 2.00 bits per heavy atom. The van der Waals surface area contributed by atoms with Crippen LogP contribution in [0.15, 0.2) is 41.6 Å². The number of halogens is 3. The fourth-order valence-corrected chi connectivity index (χ4v) is 4.25. The quantitative estimate of drug-likeness (QED) is 0.405. The highest BCUT2D eigenvalue weighted by molar-refractivity contribution is 7.99. The number of carbonyl (C=O) groups excluding carboxylic acids is 1. The number of ether oxygens (including phenoxy) is 1. The summed E-state index contributed by atoms with van der Waals surface area (Å²) in [5.41, 5.74) is 0.726. The number of nitrogens with zero attached hydrogens (tertiary/aromatic N) is 4. The van der Waals surface area contributed by atoms with Crippen LogP contribution >= 0.6 is 11.8 Å². The van der Waals surface area contributed by atoms with Gasteiger partial charge in [-0.25, -0.2) is 14.8 Å². The molecule has 0 radical (unpaired) electrons. The number of aryl methyl sites for hydroxylation is 1. The van der Waals surface area contributed by atoms with Gasteiger partial charge >= 0.3 is 12.3 Å². The van der Waals surface area contributed by atoms with Gasteiger partial charge in [0.1, 0.15) is 11.2 Å². The van der Waals surface area contributed by atoms with Gasteiger partial charge in [-0.1, -0.05) is 13.0 Å². The summed E-state index contributed by atoms with van der Waals surface area (Å²) >= 11 is 1.55. The van der Waals surface area contributed by atoms with Crippen LogP contribution in [0.5, 0.6) is 0 Å². The second kappa shape index (κ2) is 8.30. The van der Waals surface area contributed by atoms with Crippen LogP contribution in [0, 0.1) is 0 Å². The SMILES string of the molecule is CCSc1c(-c2nc3cc(C(F)(F)F)cnc3n2C)ncc2cc(NC(=O)OC)ccc12. The maximum Gasteiger partial charge on any atom is 0.417 e. The molecule has 1 aromatic carbocycles. The van der Waals surface area contributed by atoms with Crippen LogP contribution in [-0.4, -0.2) is 38.5 Å². The summed E-state index contributed by atoms with van der Waals surface area (Å²) in [4.78, 5) is 25.3. The number of pyridine rings is 2. The molecule has 0 unspecified atom stereocenters. The summed E-state index contributed by atoms with van der Waals surface area (Å²) in [6, 6.07) is 6.36. The van der Waals surface area contributed by atoms with E-state index in [1.54, 1.807) is 41.7 Å². The molecule has 0 bridgehead atoms. The highest BCUT2D eigenvalue weighted by Crippen LogP contribution is 2.37. The van der Waals surface area contributed by atoms with Gasteiger partial charge in [-0.05, 0) is 29.3 Å². The largest absolute Gasteiger partial charge is 0.453 e. The molecule has 166 valence electrons. The van der Waals surface area contributed by atoms with Crippen LogP contribution < -0.4 is 5.32 Å². The van der Waals surface area contributed by atoms with E-state index in [-0.39, 0.29) is 5.52 Å². The molecule has 32 heavy (non-hydrogen) atoms. The number of amides is 1. The van der Waals surface area contributed by atoms with Crippen molar-refractivity contribution in [3.8, 4) is 11.5 Å². The van der Waals surface area contributed by atoms with E-state index in [2.05, 4.69) is 25.0 Å². The zero-order chi connectivity index (χ0) is 23.0. The molecular formula is C21H18F3N5O2S. The van der Waals surface area contributed by atoms with Crippen molar-refractivity contribution in [2.24, 2.45) is 7.05 Å². The van der Waals surface area contributed by atoms with E-state index < -0.39 is 17.8 Å². The van der Waals surface area contributed by atoms with Crippen molar-refractivity contribution < 1.29 is 22.7 Å². The zero-order valence-corrected chi connectivity index (χ0v) is 18.1. The third-order valence-electron chi connectivity index (χ3n) is 4.81. The molecule has 7 nitrogen and oxygen atoms in total. The lowest BCUT2D eigenvalue weighted by molar-refractivity contribution is -0.137. The predicted molar refractivity (Wildman–Crippen MR) is 117 cm³/mol. The zero-order valence-electron chi connectivity index (χ0n) is 17.3. The third kappa shape index (κ3) is 3.95. The van der Waals surface area contributed by atoms with Gasteiger partial charge in [0.25, 0.3) is 0 Å². The van der Waals surface area contributed by atoms with Crippen molar-refractivity contribution >= 4 is 45.5 Å². The van der Waals surface area contributed by atoms with E-state index in [9.17, 15) is 18.0 Å². The Bertz CT molecular complexity index is 1340. The van der Waals surface area contributed by atoms with Crippen molar-refractivity contribution in [3.05, 3.63) is 42.2 Å². The summed E-state index contributed by atoms with van der Waals surface area (Å²) in [5, 5.41) is 4.28. The molecule has 1 N–H and O–H groups in total. The lowest BCUT2D eigenvalue weighted by Gasteiger charge is -2.12. The Hall–Kier alpha value is -3.34. The fourth-order valence-electron chi connectivity index (χ4n) is 3.34. The Morgan fingerprint density at radius 1 is 1.22 bits per heavy atom. The van der Waals surface area contributed by atoms with Gasteiger partial charge in [-0.3, -0.25) is 10.3 Å². The van der Waals surface area contributed by atoms with Crippen LogP contribution in [0.1, 0.15) is 12.5 Å². The number of alkyl halides is 3. The Labute approximate surface area is 185 Å². The van der Waals surface area contributed by atoms with Gasteiger partial charge in [-0.15, -0.1) is 11.8 Å². The summed E-state index contributed by atoms with van der Waals surface area (Å²) in [7, 11) is 2.98. The topological polar surface area (TPSA) is 81.9 Å². The number of rotatable bonds is 4. The van der Waals surface area contributed by atoms with Gasteiger partial charge in [-0.2, -0.15) is 13.2 Å². The average Bonchev–Trinajstić information content (AvgIpc) is 3.09. The molecule has 0 atom stereocenters. The number of hydrogen-bond acceptors (Lipinski definition) is 6. The number of hydrogen-bond donors (Lipinski definition) is 1. The Morgan fingerprint density at radius 3 is 2.69 bits per heavy atom. The highest BCUT2D eigenvalue weighted by Gasteiger charge is 2.32. The number of anilines is 1. The summed E-state index contributed by atoms with van der Waals surface area (Å²) < 4.78 is 45.5. The minimum absolute atomic E-state index is 0.143. The van der Waals surface area contributed by atoms with Crippen molar-refractivity contribution in [2.75, 3.05) is 18.2 Å². The molecule has 11 heteroatoms.